The van der Waals surface area contributed by atoms with Crippen molar-refractivity contribution in [2.75, 3.05) is 7.11 Å². The van der Waals surface area contributed by atoms with Gasteiger partial charge in [0.1, 0.15) is 34.0 Å². The zero-order valence-corrected chi connectivity index (χ0v) is 15.5. The van der Waals surface area contributed by atoms with Crippen LogP contribution in [-0.2, 0) is 6.42 Å². The molecule has 0 atom stereocenters. The van der Waals surface area contributed by atoms with Crippen molar-refractivity contribution in [1.82, 2.24) is 0 Å². The van der Waals surface area contributed by atoms with Crippen LogP contribution in [0.4, 0.5) is 0 Å². The van der Waals surface area contributed by atoms with E-state index in [-0.39, 0.29) is 46.1 Å². The molecule has 1 aliphatic rings. The summed E-state index contributed by atoms with van der Waals surface area (Å²) in [5.74, 6) is -1.20. The minimum atomic E-state index is -1.53. The molecule has 0 spiro atoms. The Morgan fingerprint density at radius 1 is 1.35 bits per heavy atom. The topological polar surface area (TPSA) is 88.8 Å². The average Bonchev–Trinajstić information content (AvgIpc) is 2.44. The first-order chi connectivity index (χ1) is 10.3. The van der Waals surface area contributed by atoms with Crippen LogP contribution in [0.15, 0.2) is 21.3 Å². The van der Waals surface area contributed by atoms with Crippen molar-refractivity contribution in [3.63, 3.8) is 0 Å². The number of carbonyl (C=O) groups is 1. The monoisotopic (exact) mass is 326 g/mol. The minimum Gasteiger partial charge on any atom is -0.542 e. The van der Waals surface area contributed by atoms with Gasteiger partial charge in [-0.05, 0) is 26.7 Å². The van der Waals surface area contributed by atoms with Gasteiger partial charge >= 0.3 is 29.6 Å². The number of carboxylic acids is 1. The Morgan fingerprint density at radius 2 is 2.04 bits per heavy atom. The number of rotatable bonds is 2. The van der Waals surface area contributed by atoms with E-state index in [9.17, 15) is 14.7 Å². The van der Waals surface area contributed by atoms with Gasteiger partial charge in [-0.25, -0.2) is 0 Å². The molecule has 116 valence electrons. The van der Waals surface area contributed by atoms with Crippen molar-refractivity contribution in [3.8, 4) is 11.5 Å². The summed E-state index contributed by atoms with van der Waals surface area (Å²) in [5.41, 5.74) is 0.0367. The zero-order chi connectivity index (χ0) is 16.1. The van der Waals surface area contributed by atoms with E-state index >= 15 is 0 Å². The first kappa shape index (κ1) is 17.8. The van der Waals surface area contributed by atoms with E-state index in [1.165, 1.54) is 7.11 Å². The van der Waals surface area contributed by atoms with E-state index < -0.39 is 17.2 Å². The normalized spacial score (nSPS) is 15.3. The fourth-order valence-corrected chi connectivity index (χ4v) is 2.69. The second-order valence-corrected chi connectivity index (χ2v) is 5.88. The van der Waals surface area contributed by atoms with Crippen molar-refractivity contribution >= 4 is 16.9 Å². The maximum absolute atomic E-state index is 12.2. The van der Waals surface area contributed by atoms with E-state index in [4.69, 9.17) is 13.9 Å². The predicted octanol–water partition coefficient (Wildman–Crippen LogP) is -1.73. The molecule has 1 aromatic carbocycles. The van der Waals surface area contributed by atoms with E-state index in [1.54, 1.807) is 6.07 Å². The average molecular weight is 326 g/mol. The summed E-state index contributed by atoms with van der Waals surface area (Å²) in [4.78, 5) is 23.2. The van der Waals surface area contributed by atoms with Crippen LogP contribution in [0.3, 0.4) is 0 Å². The zero-order valence-electron chi connectivity index (χ0n) is 13.5. The number of aromatic carboxylic acids is 1. The van der Waals surface area contributed by atoms with E-state index in [2.05, 4.69) is 0 Å². The van der Waals surface area contributed by atoms with Crippen molar-refractivity contribution in [2.24, 2.45) is 0 Å². The molecule has 2 heterocycles. The van der Waals surface area contributed by atoms with Gasteiger partial charge in [-0.3, -0.25) is 4.79 Å². The number of aryl methyl sites for hydroxylation is 1. The summed E-state index contributed by atoms with van der Waals surface area (Å²) >= 11 is 0. The number of ether oxygens (including phenoxy) is 2. The summed E-state index contributed by atoms with van der Waals surface area (Å²) in [6.45, 7) is 3.92. The fraction of sp³-hybridized carbons (Fsp3) is 0.375. The molecule has 0 amide bonds. The minimum absolute atomic E-state index is 0. The maximum Gasteiger partial charge on any atom is 1.00 e. The number of carboxylic acid groups (broad SMARTS) is 1. The summed E-state index contributed by atoms with van der Waals surface area (Å²) in [7, 11) is 1.43. The molecule has 0 N–H and O–H groups in total. The van der Waals surface area contributed by atoms with Crippen molar-refractivity contribution in [1.29, 1.82) is 0 Å². The molecular formula is C16H15NaO6. The van der Waals surface area contributed by atoms with Gasteiger partial charge in [0.25, 0.3) is 0 Å². The van der Waals surface area contributed by atoms with Gasteiger partial charge in [0, 0.05) is 17.7 Å². The third-order valence-electron chi connectivity index (χ3n) is 3.81. The quantitative estimate of drug-likeness (QED) is 0.610. The van der Waals surface area contributed by atoms with Crippen LogP contribution in [0.25, 0.3) is 11.0 Å². The van der Waals surface area contributed by atoms with Crippen LogP contribution in [0.5, 0.6) is 11.5 Å². The van der Waals surface area contributed by atoms with Crippen LogP contribution in [0.2, 0.25) is 0 Å². The molecule has 7 heteroatoms. The van der Waals surface area contributed by atoms with Gasteiger partial charge < -0.3 is 23.8 Å². The van der Waals surface area contributed by atoms with Crippen molar-refractivity contribution in [2.45, 2.75) is 32.3 Å². The van der Waals surface area contributed by atoms with Crippen LogP contribution in [-0.4, -0.2) is 18.7 Å². The third kappa shape index (κ3) is 3.11. The smallest absolute Gasteiger partial charge is 0.542 e. The van der Waals surface area contributed by atoms with Crippen LogP contribution in [0, 0.1) is 0 Å². The number of methoxy groups -OCH3 is 1. The molecule has 1 aromatic heterocycles. The maximum atomic E-state index is 12.2. The van der Waals surface area contributed by atoms with E-state index in [1.807, 2.05) is 13.8 Å². The Kier molecular flexibility index (Phi) is 4.80. The molecule has 3 rings (SSSR count). The number of fused-ring (bicyclic) bond motifs is 3. The largest absolute Gasteiger partial charge is 1.00 e. The van der Waals surface area contributed by atoms with Crippen molar-refractivity contribution < 1.29 is 53.3 Å². The van der Waals surface area contributed by atoms with Gasteiger partial charge in [0.2, 0.25) is 0 Å². The second kappa shape index (κ2) is 6.19. The van der Waals surface area contributed by atoms with Gasteiger partial charge in [-0.15, -0.1) is 0 Å². The Labute approximate surface area is 154 Å². The number of benzene rings is 1. The van der Waals surface area contributed by atoms with Crippen LogP contribution < -0.4 is 49.6 Å². The molecular weight excluding hydrogens is 311 g/mol. The Hall–Kier alpha value is -1.50. The molecule has 1 aliphatic heterocycles. The molecule has 0 fully saturated rings. The van der Waals surface area contributed by atoms with Crippen LogP contribution in [0.1, 0.15) is 36.4 Å². The van der Waals surface area contributed by atoms with Crippen LogP contribution >= 0.6 is 0 Å². The molecule has 0 bridgehead atoms. The van der Waals surface area contributed by atoms with Gasteiger partial charge in [-0.2, -0.15) is 0 Å². The molecule has 0 saturated carbocycles. The Balaban J connectivity index is 0.00000192. The number of carbonyl (C=O) groups excluding carboxylic acids is 1. The first-order valence-corrected chi connectivity index (χ1v) is 6.90. The fourth-order valence-electron chi connectivity index (χ4n) is 2.69. The Bertz CT molecular complexity index is 837. The number of hydrogen-bond acceptors (Lipinski definition) is 6. The summed E-state index contributed by atoms with van der Waals surface area (Å²) in [5, 5.41) is 11.2. The molecule has 23 heavy (non-hydrogen) atoms. The number of hydrogen-bond donors (Lipinski definition) is 0. The van der Waals surface area contributed by atoms with Gasteiger partial charge in [-0.1, -0.05) is 0 Å². The molecule has 2 aromatic rings. The molecule has 0 radical (unpaired) electrons. The summed E-state index contributed by atoms with van der Waals surface area (Å²) < 4.78 is 16.5. The SMILES string of the molecule is COc1cc2c(c3oc(C(=O)[O-])cc(=O)c13)CCC(C)(C)O2.[Na+]. The first-order valence-electron chi connectivity index (χ1n) is 6.90. The van der Waals surface area contributed by atoms with E-state index in [0.29, 0.717) is 23.5 Å². The van der Waals surface area contributed by atoms with Crippen molar-refractivity contribution in [3.05, 3.63) is 33.7 Å². The van der Waals surface area contributed by atoms with Gasteiger partial charge in [0.05, 0.1) is 7.11 Å². The summed E-state index contributed by atoms with van der Waals surface area (Å²) in [6.07, 6.45) is 1.34. The summed E-state index contributed by atoms with van der Waals surface area (Å²) in [6, 6.07) is 2.55. The second-order valence-electron chi connectivity index (χ2n) is 5.88. The molecule has 0 aliphatic carbocycles. The molecule has 0 saturated heterocycles. The third-order valence-corrected chi connectivity index (χ3v) is 3.81. The predicted molar refractivity (Wildman–Crippen MR) is 76.4 cm³/mol. The standard InChI is InChI=1S/C16H16O6.Na/c1-16(2)5-4-8-10(22-16)7-11(20-3)13-9(17)6-12(15(18)19)21-14(8)13;/h6-7H,4-5H2,1-3H3,(H,18,19);/q;+1/p-1. The molecule has 0 unspecified atom stereocenters. The van der Waals surface area contributed by atoms with E-state index in [0.717, 1.165) is 12.5 Å². The Morgan fingerprint density at radius 3 is 2.65 bits per heavy atom. The molecule has 6 nitrogen and oxygen atoms in total. The van der Waals surface area contributed by atoms with Gasteiger partial charge in [0.15, 0.2) is 11.2 Å².